The van der Waals surface area contributed by atoms with Gasteiger partial charge in [-0.25, -0.2) is 9.97 Å². The number of fused-ring (bicyclic) bond motifs is 6. The molecule has 0 bridgehead atoms. The zero-order valence-corrected chi connectivity index (χ0v) is 28.0. The fraction of sp³-hybridized carbons (Fsp3) is 0.0417. The van der Waals surface area contributed by atoms with Crippen molar-refractivity contribution in [3.05, 3.63) is 193 Å². The molecule has 3 heteroatoms. The molecule has 9 aromatic rings. The molecule has 3 nitrogen and oxygen atoms in total. The van der Waals surface area contributed by atoms with Crippen molar-refractivity contribution in [2.75, 3.05) is 0 Å². The molecule has 1 aliphatic rings. The zero-order chi connectivity index (χ0) is 33.9. The fourth-order valence-electron chi connectivity index (χ4n) is 8.03. The molecule has 0 fully saturated rings. The minimum absolute atomic E-state index is 0.289. The lowest BCUT2D eigenvalue weighted by molar-refractivity contribution is 0.669. The maximum Gasteiger partial charge on any atom is 0.160 e. The van der Waals surface area contributed by atoms with E-state index in [9.17, 15) is 0 Å². The van der Waals surface area contributed by atoms with Crippen molar-refractivity contribution in [1.82, 2.24) is 9.97 Å². The van der Waals surface area contributed by atoms with Crippen molar-refractivity contribution in [3.8, 4) is 56.2 Å². The van der Waals surface area contributed by atoms with Gasteiger partial charge in [-0.3, -0.25) is 0 Å². The van der Waals surface area contributed by atoms with E-state index in [0.29, 0.717) is 5.82 Å². The Balaban J connectivity index is 1.12. The second kappa shape index (κ2) is 11.5. The summed E-state index contributed by atoms with van der Waals surface area (Å²) in [6.07, 6.45) is 0. The Kier molecular flexibility index (Phi) is 6.62. The SMILES string of the molecule is CC1(c2ccccc2)c2ccccc2-c2c(-c3cc(-c4ccc(-c5ccc6oc7ccccc7c6c5)cc4)nc(-c4ccccc4)n3)cccc21. The largest absolute Gasteiger partial charge is 0.456 e. The first-order chi connectivity index (χ1) is 25.1. The molecular formula is C48H32N2O. The van der Waals surface area contributed by atoms with Crippen LogP contribution < -0.4 is 0 Å². The third-order valence-electron chi connectivity index (χ3n) is 10.6. The maximum absolute atomic E-state index is 6.08. The molecule has 0 amide bonds. The monoisotopic (exact) mass is 652 g/mol. The van der Waals surface area contributed by atoms with Crippen LogP contribution in [0, 0.1) is 0 Å². The van der Waals surface area contributed by atoms with E-state index >= 15 is 0 Å². The van der Waals surface area contributed by atoms with Crippen molar-refractivity contribution in [3.63, 3.8) is 0 Å². The molecule has 51 heavy (non-hydrogen) atoms. The Morgan fingerprint density at radius 3 is 1.90 bits per heavy atom. The molecule has 0 radical (unpaired) electrons. The lowest BCUT2D eigenvalue weighted by Crippen LogP contribution is -2.22. The fourth-order valence-corrected chi connectivity index (χ4v) is 8.03. The highest BCUT2D eigenvalue weighted by atomic mass is 16.3. The zero-order valence-electron chi connectivity index (χ0n) is 28.0. The molecule has 2 heterocycles. The first-order valence-electron chi connectivity index (χ1n) is 17.4. The summed E-state index contributed by atoms with van der Waals surface area (Å²) in [6, 6.07) is 62.2. The molecule has 2 aromatic heterocycles. The van der Waals surface area contributed by atoms with Crippen LogP contribution in [0.15, 0.2) is 180 Å². The van der Waals surface area contributed by atoms with Gasteiger partial charge in [0.1, 0.15) is 11.2 Å². The molecule has 0 aliphatic heterocycles. The van der Waals surface area contributed by atoms with Gasteiger partial charge >= 0.3 is 0 Å². The number of hydrogen-bond acceptors (Lipinski definition) is 3. The van der Waals surface area contributed by atoms with E-state index in [4.69, 9.17) is 14.4 Å². The van der Waals surface area contributed by atoms with Gasteiger partial charge in [0.05, 0.1) is 11.4 Å². The van der Waals surface area contributed by atoms with Crippen LogP contribution in [-0.2, 0) is 5.41 Å². The number of benzene rings is 7. The summed E-state index contributed by atoms with van der Waals surface area (Å²) in [6.45, 7) is 2.35. The normalized spacial score (nSPS) is 14.8. The summed E-state index contributed by atoms with van der Waals surface area (Å²) in [7, 11) is 0. The van der Waals surface area contributed by atoms with Gasteiger partial charge in [0, 0.05) is 32.9 Å². The van der Waals surface area contributed by atoms with Crippen molar-refractivity contribution in [2.24, 2.45) is 0 Å². The van der Waals surface area contributed by atoms with Crippen LogP contribution in [0.3, 0.4) is 0 Å². The van der Waals surface area contributed by atoms with Crippen LogP contribution in [0.1, 0.15) is 23.6 Å². The van der Waals surface area contributed by atoms with Crippen LogP contribution in [-0.4, -0.2) is 9.97 Å². The van der Waals surface area contributed by atoms with Crippen molar-refractivity contribution < 1.29 is 4.42 Å². The van der Waals surface area contributed by atoms with E-state index < -0.39 is 0 Å². The van der Waals surface area contributed by atoms with Crippen LogP contribution in [0.4, 0.5) is 0 Å². The predicted molar refractivity (Wildman–Crippen MR) is 208 cm³/mol. The topological polar surface area (TPSA) is 38.9 Å². The summed E-state index contributed by atoms with van der Waals surface area (Å²) < 4.78 is 6.08. The molecule has 0 spiro atoms. The molecule has 0 saturated carbocycles. The van der Waals surface area contributed by atoms with E-state index in [0.717, 1.165) is 61.1 Å². The summed E-state index contributed by atoms with van der Waals surface area (Å²) in [5.74, 6) is 0.708. The average Bonchev–Trinajstić information content (AvgIpc) is 3.71. The molecular weight excluding hydrogens is 621 g/mol. The summed E-state index contributed by atoms with van der Waals surface area (Å²) in [5, 5.41) is 2.26. The second-order valence-corrected chi connectivity index (χ2v) is 13.5. The van der Waals surface area contributed by atoms with Crippen LogP contribution in [0.25, 0.3) is 78.1 Å². The first-order valence-corrected chi connectivity index (χ1v) is 17.4. The van der Waals surface area contributed by atoms with Crippen molar-refractivity contribution >= 4 is 21.9 Å². The average molecular weight is 653 g/mol. The van der Waals surface area contributed by atoms with E-state index in [2.05, 4.69) is 153 Å². The van der Waals surface area contributed by atoms with Crippen molar-refractivity contribution in [2.45, 2.75) is 12.3 Å². The van der Waals surface area contributed by atoms with E-state index in [1.54, 1.807) is 0 Å². The summed E-state index contributed by atoms with van der Waals surface area (Å²) in [5.41, 5.74) is 15.1. The summed E-state index contributed by atoms with van der Waals surface area (Å²) in [4.78, 5) is 10.4. The molecule has 1 aliphatic carbocycles. The van der Waals surface area contributed by atoms with Gasteiger partial charge < -0.3 is 4.42 Å². The standard InChI is InChI=1S/C48H32N2O/c1-48(35-15-6-3-7-16-35)40-20-10-8-18-37(40)46-38(19-12-21-41(46)48)43-30-42(49-47(50-43)33-13-4-2-5-14-33)32-25-23-31(24-26-32)34-27-28-45-39(29-34)36-17-9-11-22-44(36)51-45/h2-30H,1H3. The number of rotatable bonds is 5. The number of hydrogen-bond donors (Lipinski definition) is 0. The van der Waals surface area contributed by atoms with E-state index in [1.165, 1.54) is 27.8 Å². The lowest BCUT2D eigenvalue weighted by Gasteiger charge is -2.28. The Morgan fingerprint density at radius 1 is 0.431 bits per heavy atom. The third-order valence-corrected chi connectivity index (χ3v) is 10.6. The minimum Gasteiger partial charge on any atom is -0.456 e. The minimum atomic E-state index is -0.289. The van der Waals surface area contributed by atoms with Gasteiger partial charge in [-0.05, 0) is 70.1 Å². The number of nitrogens with zero attached hydrogens (tertiary/aromatic N) is 2. The lowest BCUT2D eigenvalue weighted by atomic mass is 9.74. The van der Waals surface area contributed by atoms with Crippen LogP contribution >= 0.6 is 0 Å². The van der Waals surface area contributed by atoms with Gasteiger partial charge in [-0.1, -0.05) is 152 Å². The van der Waals surface area contributed by atoms with Crippen LogP contribution in [0.2, 0.25) is 0 Å². The molecule has 0 N–H and O–H groups in total. The van der Waals surface area contributed by atoms with Gasteiger partial charge in [0.25, 0.3) is 0 Å². The first kappa shape index (κ1) is 29.3. The Morgan fingerprint density at radius 2 is 1.06 bits per heavy atom. The Hall–Kier alpha value is -6.58. The Bertz CT molecular complexity index is 2750. The molecule has 0 saturated heterocycles. The number of aromatic nitrogens is 2. The highest BCUT2D eigenvalue weighted by molar-refractivity contribution is 6.06. The van der Waals surface area contributed by atoms with Crippen molar-refractivity contribution in [1.29, 1.82) is 0 Å². The predicted octanol–water partition coefficient (Wildman–Crippen LogP) is 12.4. The quantitative estimate of drug-likeness (QED) is 0.186. The molecule has 1 unspecified atom stereocenters. The number of furan rings is 1. The highest BCUT2D eigenvalue weighted by Gasteiger charge is 2.41. The van der Waals surface area contributed by atoms with Gasteiger partial charge in [-0.15, -0.1) is 0 Å². The highest BCUT2D eigenvalue weighted by Crippen LogP contribution is 2.55. The van der Waals surface area contributed by atoms with Gasteiger partial charge in [-0.2, -0.15) is 0 Å². The number of para-hydroxylation sites is 1. The summed E-state index contributed by atoms with van der Waals surface area (Å²) >= 11 is 0. The second-order valence-electron chi connectivity index (χ2n) is 13.5. The third kappa shape index (κ3) is 4.66. The molecule has 10 rings (SSSR count). The molecule has 1 atom stereocenters. The van der Waals surface area contributed by atoms with Gasteiger partial charge in [0.15, 0.2) is 5.82 Å². The van der Waals surface area contributed by atoms with E-state index in [1.807, 2.05) is 30.3 Å². The molecule has 7 aromatic carbocycles. The Labute approximate surface area is 296 Å². The van der Waals surface area contributed by atoms with Crippen LogP contribution in [0.5, 0.6) is 0 Å². The van der Waals surface area contributed by atoms with Gasteiger partial charge in [0.2, 0.25) is 0 Å². The molecule has 240 valence electrons. The van der Waals surface area contributed by atoms with E-state index in [-0.39, 0.29) is 5.41 Å². The smallest absolute Gasteiger partial charge is 0.160 e. The maximum atomic E-state index is 6.08.